The minimum absolute atomic E-state index is 0.105. The van der Waals surface area contributed by atoms with Crippen molar-refractivity contribution in [2.45, 2.75) is 75.9 Å². The number of phenolic OH excluding ortho intramolecular Hbond substituents is 1. The predicted octanol–water partition coefficient (Wildman–Crippen LogP) is -0.361. The van der Waals surface area contributed by atoms with Crippen LogP contribution in [0.2, 0.25) is 0 Å². The summed E-state index contributed by atoms with van der Waals surface area (Å²) in [5.74, 6) is -1.62. The highest BCUT2D eigenvalue weighted by atomic mass is 16.3. The van der Waals surface area contributed by atoms with E-state index in [1.807, 2.05) is 0 Å². The van der Waals surface area contributed by atoms with Gasteiger partial charge in [0.2, 0.25) is 23.6 Å². The number of amides is 4. The molecule has 1 aromatic rings. The number of phenols is 1. The molecule has 1 aliphatic heterocycles. The fraction of sp³-hybridized carbons (Fsp3) is 0.600. The van der Waals surface area contributed by atoms with Gasteiger partial charge in [0.1, 0.15) is 23.9 Å². The van der Waals surface area contributed by atoms with Crippen LogP contribution in [0.5, 0.6) is 5.75 Å². The molecule has 0 saturated carbocycles. The number of primary amides is 1. The monoisotopic (exact) mass is 504 g/mol. The summed E-state index contributed by atoms with van der Waals surface area (Å²) in [6, 6.07) is 3.93. The van der Waals surface area contributed by atoms with Crippen LogP contribution < -0.4 is 27.8 Å². The van der Waals surface area contributed by atoms with E-state index in [1.165, 1.54) is 17.0 Å². The van der Waals surface area contributed by atoms with Crippen molar-refractivity contribution in [1.82, 2.24) is 15.5 Å². The number of hydrogen-bond donors (Lipinski definition) is 6. The number of hydrogen-bond acceptors (Lipinski definition) is 7. The Hall–Kier alpha value is -3.18. The molecule has 0 spiro atoms. The fourth-order valence-corrected chi connectivity index (χ4v) is 4.31. The highest BCUT2D eigenvalue weighted by Gasteiger charge is 2.36. The lowest BCUT2D eigenvalue weighted by Crippen LogP contribution is -2.56. The maximum Gasteiger partial charge on any atom is 0.243 e. The van der Waals surface area contributed by atoms with Crippen LogP contribution >= 0.6 is 0 Å². The van der Waals surface area contributed by atoms with Crippen molar-refractivity contribution >= 4 is 23.6 Å². The molecular formula is C25H40N6O5. The third-order valence-corrected chi connectivity index (χ3v) is 6.35. The quantitative estimate of drug-likeness (QED) is 0.175. The molecule has 11 heteroatoms. The Morgan fingerprint density at radius 1 is 0.944 bits per heavy atom. The molecular weight excluding hydrogens is 464 g/mol. The van der Waals surface area contributed by atoms with Gasteiger partial charge in [-0.05, 0) is 82.2 Å². The van der Waals surface area contributed by atoms with Gasteiger partial charge >= 0.3 is 0 Å². The Morgan fingerprint density at radius 2 is 1.56 bits per heavy atom. The molecule has 3 atom stereocenters. The molecule has 4 amide bonds. The van der Waals surface area contributed by atoms with E-state index in [2.05, 4.69) is 10.6 Å². The number of aromatic hydroxyl groups is 1. The van der Waals surface area contributed by atoms with Crippen LogP contribution in [0.4, 0.5) is 0 Å². The summed E-state index contributed by atoms with van der Waals surface area (Å²) in [5, 5.41) is 14.9. The molecule has 0 aliphatic carbocycles. The molecule has 0 aromatic heterocycles. The first-order chi connectivity index (χ1) is 17.3. The van der Waals surface area contributed by atoms with E-state index in [4.69, 9.17) is 17.2 Å². The molecule has 11 nitrogen and oxygen atoms in total. The first kappa shape index (κ1) is 29.1. The van der Waals surface area contributed by atoms with Crippen molar-refractivity contribution in [3.63, 3.8) is 0 Å². The number of nitrogens with two attached hydrogens (primary N) is 3. The van der Waals surface area contributed by atoms with Crippen molar-refractivity contribution < 1.29 is 24.3 Å². The number of nitrogens with zero attached hydrogens (tertiary/aromatic N) is 1. The maximum absolute atomic E-state index is 13.2. The minimum atomic E-state index is -0.880. The van der Waals surface area contributed by atoms with Gasteiger partial charge in [-0.15, -0.1) is 0 Å². The molecule has 1 aliphatic rings. The summed E-state index contributed by atoms with van der Waals surface area (Å²) >= 11 is 0. The Labute approximate surface area is 212 Å². The predicted molar refractivity (Wildman–Crippen MR) is 135 cm³/mol. The van der Waals surface area contributed by atoms with E-state index in [0.717, 1.165) is 5.56 Å². The van der Waals surface area contributed by atoms with Gasteiger partial charge in [0.15, 0.2) is 0 Å². The van der Waals surface area contributed by atoms with Gasteiger partial charge in [0.05, 0.1) is 6.42 Å². The zero-order chi connectivity index (χ0) is 26.5. The van der Waals surface area contributed by atoms with Crippen LogP contribution in [-0.4, -0.2) is 71.4 Å². The molecule has 1 fully saturated rings. The van der Waals surface area contributed by atoms with Crippen LogP contribution in [0.15, 0.2) is 24.3 Å². The molecule has 0 bridgehead atoms. The van der Waals surface area contributed by atoms with E-state index >= 15 is 0 Å². The molecule has 1 saturated heterocycles. The van der Waals surface area contributed by atoms with Crippen molar-refractivity contribution in [2.75, 3.05) is 19.6 Å². The van der Waals surface area contributed by atoms with Crippen LogP contribution in [0.3, 0.4) is 0 Å². The summed E-state index contributed by atoms with van der Waals surface area (Å²) in [6.07, 6.45) is 4.60. The fourth-order valence-electron chi connectivity index (χ4n) is 4.31. The van der Waals surface area contributed by atoms with Gasteiger partial charge in [-0.25, -0.2) is 0 Å². The number of rotatable bonds is 15. The summed E-state index contributed by atoms with van der Waals surface area (Å²) in [6.45, 7) is 1.37. The van der Waals surface area contributed by atoms with Crippen LogP contribution in [0.1, 0.15) is 56.9 Å². The van der Waals surface area contributed by atoms with Gasteiger partial charge in [0, 0.05) is 6.54 Å². The summed E-state index contributed by atoms with van der Waals surface area (Å²) in [5.41, 5.74) is 17.3. The number of likely N-dealkylation sites (tertiary alicyclic amines) is 1. The van der Waals surface area contributed by atoms with E-state index in [-0.39, 0.29) is 18.1 Å². The normalized spacial score (nSPS) is 16.8. The van der Waals surface area contributed by atoms with Crippen molar-refractivity contribution in [3.05, 3.63) is 29.8 Å². The molecule has 0 radical (unpaired) electrons. The summed E-state index contributed by atoms with van der Waals surface area (Å²) in [4.78, 5) is 52.5. The van der Waals surface area contributed by atoms with Gasteiger partial charge < -0.3 is 37.8 Å². The van der Waals surface area contributed by atoms with E-state index in [9.17, 15) is 24.3 Å². The smallest absolute Gasteiger partial charge is 0.243 e. The van der Waals surface area contributed by atoms with E-state index < -0.39 is 35.8 Å². The van der Waals surface area contributed by atoms with Crippen LogP contribution in [-0.2, 0) is 25.6 Å². The molecule has 1 heterocycles. The molecule has 2 rings (SSSR count). The van der Waals surface area contributed by atoms with Gasteiger partial charge in [-0.3, -0.25) is 19.2 Å². The van der Waals surface area contributed by atoms with Crippen LogP contribution in [0, 0.1) is 0 Å². The summed E-state index contributed by atoms with van der Waals surface area (Å²) in [7, 11) is 0. The Kier molecular flexibility index (Phi) is 12.1. The Bertz CT molecular complexity index is 878. The van der Waals surface area contributed by atoms with Gasteiger partial charge in [0.25, 0.3) is 0 Å². The second-order valence-electron chi connectivity index (χ2n) is 9.18. The highest BCUT2D eigenvalue weighted by molar-refractivity contribution is 5.94. The SMILES string of the molecule is NCCCC[C@H](NC(=O)[C@H](CCCCN)NC(=O)[C@@H]1CCCN1C(=O)Cc1ccc(O)cc1)C(N)=O. The number of unbranched alkanes of at least 4 members (excludes halogenated alkanes) is 2. The lowest BCUT2D eigenvalue weighted by atomic mass is 10.0. The minimum Gasteiger partial charge on any atom is -0.508 e. The van der Waals surface area contributed by atoms with Crippen molar-refractivity contribution in [2.24, 2.45) is 17.2 Å². The van der Waals surface area contributed by atoms with Gasteiger partial charge in [-0.2, -0.15) is 0 Å². The molecule has 36 heavy (non-hydrogen) atoms. The van der Waals surface area contributed by atoms with Gasteiger partial charge in [-0.1, -0.05) is 12.1 Å². The van der Waals surface area contributed by atoms with E-state index in [1.54, 1.807) is 12.1 Å². The second kappa shape index (κ2) is 15.0. The maximum atomic E-state index is 13.2. The third kappa shape index (κ3) is 9.12. The highest BCUT2D eigenvalue weighted by Crippen LogP contribution is 2.20. The first-order valence-corrected chi connectivity index (χ1v) is 12.6. The van der Waals surface area contributed by atoms with E-state index in [0.29, 0.717) is 71.0 Å². The van der Waals surface area contributed by atoms with Crippen molar-refractivity contribution in [3.8, 4) is 5.75 Å². The zero-order valence-corrected chi connectivity index (χ0v) is 20.8. The Balaban J connectivity index is 2.05. The lowest BCUT2D eigenvalue weighted by Gasteiger charge is -2.27. The average molecular weight is 505 g/mol. The standard InChI is InChI=1S/C25H40N6O5/c26-13-3-1-6-19(23(28)34)29-24(35)20(7-2-4-14-27)30-25(36)21-8-5-15-31(21)22(33)16-17-9-11-18(32)12-10-17/h9-12,19-21,32H,1-8,13-16,26-27H2,(H2,28,34)(H,29,35)(H,30,36)/t19-,20-,21-/m0/s1. The number of carbonyl (C=O) groups excluding carboxylic acids is 4. The molecule has 1 aromatic carbocycles. The number of carbonyl (C=O) groups is 4. The molecule has 0 unspecified atom stereocenters. The lowest BCUT2D eigenvalue weighted by molar-refractivity contribution is -0.139. The summed E-state index contributed by atoms with van der Waals surface area (Å²) < 4.78 is 0. The molecule has 9 N–H and O–H groups in total. The number of nitrogens with one attached hydrogen (secondary N) is 2. The average Bonchev–Trinajstić information content (AvgIpc) is 3.34. The molecule has 200 valence electrons. The topological polar surface area (TPSA) is 194 Å². The third-order valence-electron chi connectivity index (χ3n) is 6.35. The Morgan fingerprint density at radius 3 is 2.14 bits per heavy atom. The van der Waals surface area contributed by atoms with Crippen LogP contribution in [0.25, 0.3) is 0 Å². The van der Waals surface area contributed by atoms with Crippen molar-refractivity contribution in [1.29, 1.82) is 0 Å². The largest absolute Gasteiger partial charge is 0.508 e. The first-order valence-electron chi connectivity index (χ1n) is 12.6. The number of benzene rings is 1. The second-order valence-corrected chi connectivity index (χ2v) is 9.18. The zero-order valence-electron chi connectivity index (χ0n) is 20.8.